The third-order valence-corrected chi connectivity index (χ3v) is 4.21. The molecular weight excluding hydrogens is 349 g/mol. The fourth-order valence-electron chi connectivity index (χ4n) is 2.79. The van der Waals surface area contributed by atoms with Crippen molar-refractivity contribution in [3.8, 4) is 6.01 Å². The van der Waals surface area contributed by atoms with Crippen molar-refractivity contribution in [3.63, 3.8) is 0 Å². The van der Waals surface area contributed by atoms with E-state index in [0.29, 0.717) is 17.3 Å². The number of rotatable bonds is 6. The quantitative estimate of drug-likeness (QED) is 0.785. The number of aromatic nitrogens is 3. The van der Waals surface area contributed by atoms with Gasteiger partial charge in [-0.1, -0.05) is 18.2 Å². The fraction of sp³-hybridized carbons (Fsp3) is 0.368. The number of amides is 1. The molecule has 1 aromatic carbocycles. The zero-order valence-electron chi connectivity index (χ0n) is 15.2. The Morgan fingerprint density at radius 1 is 1.22 bits per heavy atom. The van der Waals surface area contributed by atoms with E-state index in [4.69, 9.17) is 4.74 Å². The van der Waals surface area contributed by atoms with Gasteiger partial charge in [0.25, 0.3) is 0 Å². The Morgan fingerprint density at radius 3 is 2.74 bits per heavy atom. The van der Waals surface area contributed by atoms with Gasteiger partial charge in [-0.25, -0.2) is 4.39 Å². The molecule has 3 rings (SSSR count). The summed E-state index contributed by atoms with van der Waals surface area (Å²) < 4.78 is 18.7. The maximum absolute atomic E-state index is 13.6. The van der Waals surface area contributed by atoms with Gasteiger partial charge in [-0.2, -0.15) is 15.0 Å². The topological polar surface area (TPSA) is 80.2 Å². The van der Waals surface area contributed by atoms with Crippen LogP contribution < -0.4 is 15.0 Å². The third-order valence-electron chi connectivity index (χ3n) is 4.21. The second-order valence-corrected chi connectivity index (χ2v) is 6.16. The largest absolute Gasteiger partial charge is 0.467 e. The smallest absolute Gasteiger partial charge is 0.321 e. The third kappa shape index (κ3) is 5.22. The average molecular weight is 371 g/mol. The standard InChI is InChI=1S/C19H22FN5O2/c1-27-19-23-16(22-18(24-19)25-11-5-2-6-12-25)13-21-17(26)10-9-14-7-3-4-8-15(14)20/h3-4,7-10H,2,5-6,11-13H2,1H3,(H,21,26)/b10-9+. The first-order valence-corrected chi connectivity index (χ1v) is 8.90. The molecule has 7 nitrogen and oxygen atoms in total. The van der Waals surface area contributed by atoms with Crippen molar-refractivity contribution in [1.29, 1.82) is 0 Å². The van der Waals surface area contributed by atoms with E-state index < -0.39 is 0 Å². The van der Waals surface area contributed by atoms with Crippen molar-refractivity contribution in [2.45, 2.75) is 25.8 Å². The summed E-state index contributed by atoms with van der Waals surface area (Å²) in [5.74, 6) is 0.231. The molecule has 0 atom stereocenters. The normalized spacial score (nSPS) is 14.4. The van der Waals surface area contributed by atoms with E-state index in [1.54, 1.807) is 18.2 Å². The average Bonchev–Trinajstić information content (AvgIpc) is 2.72. The molecule has 1 fully saturated rings. The van der Waals surface area contributed by atoms with Crippen molar-refractivity contribution >= 4 is 17.9 Å². The predicted octanol–water partition coefficient (Wildman–Crippen LogP) is 2.34. The van der Waals surface area contributed by atoms with Gasteiger partial charge >= 0.3 is 6.01 Å². The number of methoxy groups -OCH3 is 1. The Labute approximate surface area is 157 Å². The summed E-state index contributed by atoms with van der Waals surface area (Å²) in [5, 5.41) is 2.70. The van der Waals surface area contributed by atoms with E-state index in [1.165, 1.54) is 31.7 Å². The minimum atomic E-state index is -0.380. The van der Waals surface area contributed by atoms with Crippen LogP contribution in [0.25, 0.3) is 6.08 Å². The molecule has 2 aromatic rings. The number of carbonyl (C=O) groups is 1. The van der Waals surface area contributed by atoms with Crippen molar-refractivity contribution < 1.29 is 13.9 Å². The number of carbonyl (C=O) groups excluding carboxylic acids is 1. The minimum absolute atomic E-state index is 0.125. The van der Waals surface area contributed by atoms with Gasteiger partial charge in [0.1, 0.15) is 5.82 Å². The molecule has 27 heavy (non-hydrogen) atoms. The first kappa shape index (κ1) is 18.8. The molecule has 1 aromatic heterocycles. The van der Waals surface area contributed by atoms with Gasteiger partial charge in [0.15, 0.2) is 5.82 Å². The van der Waals surface area contributed by atoms with Gasteiger partial charge in [-0.05, 0) is 31.4 Å². The number of ether oxygens (including phenoxy) is 1. The van der Waals surface area contributed by atoms with Crippen LogP contribution >= 0.6 is 0 Å². The predicted molar refractivity (Wildman–Crippen MR) is 99.7 cm³/mol. The Kier molecular flexibility index (Phi) is 6.30. The number of piperidine rings is 1. The Balaban J connectivity index is 1.64. The monoisotopic (exact) mass is 371 g/mol. The summed E-state index contributed by atoms with van der Waals surface area (Å²) in [4.78, 5) is 27.0. The highest BCUT2D eigenvalue weighted by molar-refractivity contribution is 5.91. The summed E-state index contributed by atoms with van der Waals surface area (Å²) in [7, 11) is 1.49. The van der Waals surface area contributed by atoms with Gasteiger partial charge < -0.3 is 15.0 Å². The summed E-state index contributed by atoms with van der Waals surface area (Å²) in [6.45, 7) is 1.91. The fourth-order valence-corrected chi connectivity index (χ4v) is 2.79. The zero-order chi connectivity index (χ0) is 19.1. The van der Waals surface area contributed by atoms with Crippen LogP contribution in [0.2, 0.25) is 0 Å². The molecule has 0 spiro atoms. The molecule has 142 valence electrons. The number of anilines is 1. The maximum Gasteiger partial charge on any atom is 0.321 e. The number of nitrogens with one attached hydrogen (secondary N) is 1. The van der Waals surface area contributed by atoms with Crippen LogP contribution in [0.4, 0.5) is 10.3 Å². The first-order chi connectivity index (χ1) is 13.2. The van der Waals surface area contributed by atoms with E-state index in [0.717, 1.165) is 25.9 Å². The molecule has 8 heteroatoms. The van der Waals surface area contributed by atoms with E-state index in [-0.39, 0.29) is 24.3 Å². The molecule has 1 saturated heterocycles. The molecule has 0 unspecified atom stereocenters. The van der Waals surface area contributed by atoms with Gasteiger partial charge in [0, 0.05) is 24.7 Å². The zero-order valence-corrected chi connectivity index (χ0v) is 15.2. The lowest BCUT2D eigenvalue weighted by Gasteiger charge is -2.26. The SMILES string of the molecule is COc1nc(CNC(=O)/C=C/c2ccccc2F)nc(N2CCCCC2)n1. The van der Waals surface area contributed by atoms with Gasteiger partial charge in [0.2, 0.25) is 11.9 Å². The maximum atomic E-state index is 13.6. The summed E-state index contributed by atoms with van der Waals surface area (Å²) >= 11 is 0. The van der Waals surface area contributed by atoms with Crippen LogP contribution in [-0.4, -0.2) is 41.1 Å². The highest BCUT2D eigenvalue weighted by atomic mass is 19.1. The molecule has 1 aliphatic rings. The Morgan fingerprint density at radius 2 is 2.00 bits per heavy atom. The number of halogens is 1. The van der Waals surface area contributed by atoms with Crippen LogP contribution in [0.5, 0.6) is 6.01 Å². The second kappa shape index (κ2) is 9.07. The lowest BCUT2D eigenvalue weighted by Crippen LogP contribution is -2.32. The lowest BCUT2D eigenvalue weighted by molar-refractivity contribution is -0.116. The lowest BCUT2D eigenvalue weighted by atomic mass is 10.1. The first-order valence-electron chi connectivity index (χ1n) is 8.90. The van der Waals surface area contributed by atoms with Crippen molar-refractivity contribution in [2.24, 2.45) is 0 Å². The van der Waals surface area contributed by atoms with E-state index >= 15 is 0 Å². The number of hydrogen-bond acceptors (Lipinski definition) is 6. The van der Waals surface area contributed by atoms with Crippen LogP contribution in [0.3, 0.4) is 0 Å². The Bertz CT molecular complexity index is 821. The highest BCUT2D eigenvalue weighted by Gasteiger charge is 2.16. The minimum Gasteiger partial charge on any atom is -0.467 e. The van der Waals surface area contributed by atoms with Crippen LogP contribution in [0, 0.1) is 5.82 Å². The van der Waals surface area contributed by atoms with Crippen LogP contribution in [0.1, 0.15) is 30.7 Å². The summed E-state index contributed by atoms with van der Waals surface area (Å²) in [6.07, 6.45) is 6.11. The van der Waals surface area contributed by atoms with Crippen molar-refractivity contribution in [2.75, 3.05) is 25.1 Å². The molecule has 2 heterocycles. The highest BCUT2D eigenvalue weighted by Crippen LogP contribution is 2.17. The van der Waals surface area contributed by atoms with Gasteiger partial charge in [-0.3, -0.25) is 4.79 Å². The van der Waals surface area contributed by atoms with Gasteiger partial charge in [-0.15, -0.1) is 0 Å². The molecule has 0 radical (unpaired) electrons. The molecule has 1 aliphatic heterocycles. The van der Waals surface area contributed by atoms with E-state index in [1.807, 2.05) is 0 Å². The second-order valence-electron chi connectivity index (χ2n) is 6.16. The number of nitrogens with zero attached hydrogens (tertiary/aromatic N) is 4. The molecule has 0 bridgehead atoms. The molecule has 1 amide bonds. The number of hydrogen-bond donors (Lipinski definition) is 1. The molecular formula is C19H22FN5O2. The Hall–Kier alpha value is -3.03. The molecule has 0 saturated carbocycles. The van der Waals surface area contributed by atoms with Crippen LogP contribution in [0.15, 0.2) is 30.3 Å². The summed E-state index contributed by atoms with van der Waals surface area (Å²) in [6, 6.07) is 6.47. The van der Waals surface area contributed by atoms with Crippen LogP contribution in [-0.2, 0) is 11.3 Å². The molecule has 1 N–H and O–H groups in total. The van der Waals surface area contributed by atoms with Crippen molar-refractivity contribution in [1.82, 2.24) is 20.3 Å². The van der Waals surface area contributed by atoms with E-state index in [9.17, 15) is 9.18 Å². The van der Waals surface area contributed by atoms with E-state index in [2.05, 4.69) is 25.2 Å². The van der Waals surface area contributed by atoms with Crippen molar-refractivity contribution in [3.05, 3.63) is 47.5 Å². The molecule has 0 aliphatic carbocycles. The summed E-state index contributed by atoms with van der Waals surface area (Å²) in [5.41, 5.74) is 0.349. The van der Waals surface area contributed by atoms with Gasteiger partial charge in [0.05, 0.1) is 13.7 Å². The number of benzene rings is 1.